The van der Waals surface area contributed by atoms with E-state index in [1.165, 1.54) is 0 Å². The van der Waals surface area contributed by atoms with E-state index in [9.17, 15) is 9.59 Å². The molecule has 0 aromatic heterocycles. The summed E-state index contributed by atoms with van der Waals surface area (Å²) in [4.78, 5) is 24.0. The first-order valence-corrected chi connectivity index (χ1v) is 9.65. The van der Waals surface area contributed by atoms with Crippen LogP contribution in [0.1, 0.15) is 34.6 Å². The molecule has 0 atom stereocenters. The molecule has 4 nitrogen and oxygen atoms in total. The van der Waals surface area contributed by atoms with Crippen LogP contribution in [0, 0.1) is 0 Å². The van der Waals surface area contributed by atoms with E-state index in [2.05, 4.69) is 0 Å². The molecule has 0 heterocycles. The molecule has 0 fully saturated rings. The summed E-state index contributed by atoms with van der Waals surface area (Å²) in [6, 6.07) is 6.56. The van der Waals surface area contributed by atoms with Crippen molar-refractivity contribution in [2.24, 2.45) is 0 Å². The van der Waals surface area contributed by atoms with Gasteiger partial charge in [-0.05, 0) is 45.6 Å². The maximum atomic E-state index is 12.1. The van der Waals surface area contributed by atoms with Crippen LogP contribution in [0.15, 0.2) is 24.3 Å². The van der Waals surface area contributed by atoms with Crippen molar-refractivity contribution in [3.63, 3.8) is 0 Å². The van der Waals surface area contributed by atoms with E-state index in [-0.39, 0.29) is 17.2 Å². The molecule has 0 radical (unpaired) electrons. The zero-order chi connectivity index (χ0) is 14.6. The summed E-state index contributed by atoms with van der Waals surface area (Å²) in [6.07, 6.45) is -0.228. The smallest absolute Gasteiger partial charge is 0.339 e. The average Bonchev–Trinajstić information content (AvgIpc) is 2.25. The summed E-state index contributed by atoms with van der Waals surface area (Å²) >= 11 is 0. The van der Waals surface area contributed by atoms with Crippen molar-refractivity contribution in [2.45, 2.75) is 39.6 Å². The SMILES string of the molecule is CC(C)OC(=O)c1ccccc1C(=O)O[Si](C)(C)C. The van der Waals surface area contributed by atoms with Crippen LogP contribution < -0.4 is 0 Å². The van der Waals surface area contributed by atoms with Crippen LogP contribution in [0.4, 0.5) is 0 Å². The van der Waals surface area contributed by atoms with Gasteiger partial charge in [0.15, 0.2) is 0 Å². The molecule has 104 valence electrons. The molecule has 1 aromatic carbocycles. The molecular weight excluding hydrogens is 260 g/mol. The number of hydrogen-bond acceptors (Lipinski definition) is 4. The van der Waals surface area contributed by atoms with Gasteiger partial charge in [0, 0.05) is 0 Å². The van der Waals surface area contributed by atoms with Crippen molar-refractivity contribution in [1.29, 1.82) is 0 Å². The van der Waals surface area contributed by atoms with E-state index in [1.807, 2.05) is 19.6 Å². The molecule has 5 heteroatoms. The van der Waals surface area contributed by atoms with Gasteiger partial charge in [-0.2, -0.15) is 0 Å². The lowest BCUT2D eigenvalue weighted by Crippen LogP contribution is -2.30. The van der Waals surface area contributed by atoms with Crippen LogP contribution in [0.3, 0.4) is 0 Å². The van der Waals surface area contributed by atoms with Crippen molar-refractivity contribution >= 4 is 20.3 Å². The second kappa shape index (κ2) is 6.01. The highest BCUT2D eigenvalue weighted by atomic mass is 28.4. The molecule has 19 heavy (non-hydrogen) atoms. The number of ether oxygens (including phenoxy) is 1. The van der Waals surface area contributed by atoms with Crippen molar-refractivity contribution < 1.29 is 18.8 Å². The minimum atomic E-state index is -1.99. The van der Waals surface area contributed by atoms with E-state index in [0.29, 0.717) is 0 Å². The lowest BCUT2D eigenvalue weighted by Gasteiger charge is -2.18. The highest BCUT2D eigenvalue weighted by Gasteiger charge is 2.25. The van der Waals surface area contributed by atoms with Crippen LogP contribution in [0.5, 0.6) is 0 Å². The summed E-state index contributed by atoms with van der Waals surface area (Å²) < 4.78 is 10.5. The van der Waals surface area contributed by atoms with Gasteiger partial charge in [0.1, 0.15) is 0 Å². The van der Waals surface area contributed by atoms with Gasteiger partial charge >= 0.3 is 11.9 Å². The minimum Gasteiger partial charge on any atom is -0.516 e. The Hall–Kier alpha value is -1.62. The van der Waals surface area contributed by atoms with Crippen molar-refractivity contribution in [3.05, 3.63) is 35.4 Å². The van der Waals surface area contributed by atoms with Crippen molar-refractivity contribution in [3.8, 4) is 0 Å². The van der Waals surface area contributed by atoms with Crippen molar-refractivity contribution in [2.75, 3.05) is 0 Å². The minimum absolute atomic E-state index is 0.228. The normalized spacial score (nSPS) is 11.3. The van der Waals surface area contributed by atoms with Gasteiger partial charge in [-0.1, -0.05) is 12.1 Å². The second-order valence-electron chi connectivity index (χ2n) is 5.50. The van der Waals surface area contributed by atoms with E-state index < -0.39 is 20.3 Å². The number of benzene rings is 1. The maximum Gasteiger partial charge on any atom is 0.339 e. The first-order chi connectivity index (χ1) is 8.70. The second-order valence-corrected chi connectivity index (χ2v) is 9.93. The van der Waals surface area contributed by atoms with E-state index in [0.717, 1.165) is 0 Å². The predicted molar refractivity (Wildman–Crippen MR) is 75.8 cm³/mol. The molecule has 1 aromatic rings. The molecule has 0 saturated carbocycles. The number of carbonyl (C=O) groups excluding carboxylic acids is 2. The number of esters is 1. The van der Waals surface area contributed by atoms with Crippen LogP contribution in [-0.2, 0) is 9.16 Å². The van der Waals surface area contributed by atoms with E-state index >= 15 is 0 Å². The van der Waals surface area contributed by atoms with E-state index in [4.69, 9.17) is 9.16 Å². The van der Waals surface area contributed by atoms with Gasteiger partial charge in [-0.15, -0.1) is 0 Å². The van der Waals surface area contributed by atoms with Gasteiger partial charge in [0.25, 0.3) is 0 Å². The molecule has 1 rings (SSSR count). The van der Waals surface area contributed by atoms with Gasteiger partial charge in [-0.3, -0.25) is 0 Å². The molecule has 0 aliphatic carbocycles. The van der Waals surface area contributed by atoms with Crippen LogP contribution in [0.2, 0.25) is 19.6 Å². The predicted octanol–water partition coefficient (Wildman–Crippen LogP) is 3.24. The van der Waals surface area contributed by atoms with Crippen LogP contribution >= 0.6 is 0 Å². The number of hydrogen-bond donors (Lipinski definition) is 0. The fourth-order valence-electron chi connectivity index (χ4n) is 1.45. The first-order valence-electron chi connectivity index (χ1n) is 6.24. The summed E-state index contributed by atoms with van der Waals surface area (Å²) in [7, 11) is -1.99. The maximum absolute atomic E-state index is 12.1. The Labute approximate surface area is 114 Å². The quantitative estimate of drug-likeness (QED) is 0.627. The zero-order valence-electron chi connectivity index (χ0n) is 12.0. The zero-order valence-corrected chi connectivity index (χ0v) is 13.0. The third kappa shape index (κ3) is 4.87. The summed E-state index contributed by atoms with van der Waals surface area (Å²) in [5.41, 5.74) is 0.509. The Morgan fingerprint density at radius 2 is 1.47 bits per heavy atom. The first kappa shape index (κ1) is 15.4. The summed E-state index contributed by atoms with van der Waals surface area (Å²) in [6.45, 7) is 9.28. The molecule has 0 aliphatic heterocycles. The highest BCUT2D eigenvalue weighted by molar-refractivity contribution is 6.71. The largest absolute Gasteiger partial charge is 0.516 e. The van der Waals surface area contributed by atoms with Crippen molar-refractivity contribution in [1.82, 2.24) is 0 Å². The summed E-state index contributed by atoms with van der Waals surface area (Å²) in [5.74, 6) is -0.964. The lowest BCUT2D eigenvalue weighted by atomic mass is 10.1. The summed E-state index contributed by atoms with van der Waals surface area (Å²) in [5, 5.41) is 0. The molecular formula is C14H20O4Si. The third-order valence-corrected chi connectivity index (χ3v) is 2.91. The highest BCUT2D eigenvalue weighted by Crippen LogP contribution is 2.15. The molecule has 0 unspecified atom stereocenters. The van der Waals surface area contributed by atoms with E-state index in [1.54, 1.807) is 38.1 Å². The molecule has 0 N–H and O–H groups in total. The van der Waals surface area contributed by atoms with Gasteiger partial charge < -0.3 is 9.16 Å². The molecule has 0 bridgehead atoms. The van der Waals surface area contributed by atoms with Crippen LogP contribution in [-0.4, -0.2) is 26.4 Å². The fraction of sp³-hybridized carbons (Fsp3) is 0.429. The third-order valence-electron chi connectivity index (χ3n) is 2.11. The fourth-order valence-corrected chi connectivity index (χ4v) is 2.12. The number of rotatable bonds is 4. The molecule has 0 amide bonds. The number of carbonyl (C=O) groups is 2. The molecule has 0 saturated heterocycles. The monoisotopic (exact) mass is 280 g/mol. The Balaban J connectivity index is 3.02. The average molecular weight is 280 g/mol. The lowest BCUT2D eigenvalue weighted by molar-refractivity contribution is 0.0371. The Kier molecular flexibility index (Phi) is 4.88. The Morgan fingerprint density at radius 1 is 1.00 bits per heavy atom. The standard InChI is InChI=1S/C14H20O4Si/c1-10(2)17-13(15)11-8-6-7-9-12(11)14(16)18-19(3,4)5/h6-10H,1-5H3. The molecule has 0 aliphatic rings. The van der Waals surface area contributed by atoms with Gasteiger partial charge in [0.05, 0.1) is 17.2 Å². The van der Waals surface area contributed by atoms with Gasteiger partial charge in [-0.25, -0.2) is 9.59 Å². The Bertz CT molecular complexity index is 475. The topological polar surface area (TPSA) is 52.6 Å². The van der Waals surface area contributed by atoms with Gasteiger partial charge in [0.2, 0.25) is 8.32 Å². The Morgan fingerprint density at radius 3 is 1.89 bits per heavy atom. The van der Waals surface area contributed by atoms with Crippen LogP contribution in [0.25, 0.3) is 0 Å². The molecule has 0 spiro atoms.